The van der Waals surface area contributed by atoms with Gasteiger partial charge in [-0.15, -0.1) is 0 Å². The molecule has 1 heterocycles. The predicted octanol–water partition coefficient (Wildman–Crippen LogP) is 2.56. The molecule has 150 valence electrons. The van der Waals surface area contributed by atoms with Crippen LogP contribution in [0.5, 0.6) is 0 Å². The van der Waals surface area contributed by atoms with E-state index >= 15 is 0 Å². The molecule has 1 N–H and O–H groups in total. The average Bonchev–Trinajstić information content (AvgIpc) is 3.08. The Bertz CT molecular complexity index is 958. The van der Waals surface area contributed by atoms with Crippen LogP contribution in [0.4, 0.5) is 15.8 Å². The molecule has 0 spiro atoms. The fraction of sp³-hybridized carbons (Fsp3) is 0.238. The number of anilines is 2. The van der Waals surface area contributed by atoms with Crippen LogP contribution in [0.15, 0.2) is 48.5 Å². The maximum Gasteiger partial charge on any atom is 0.311 e. The Morgan fingerprint density at radius 3 is 2.48 bits per heavy atom. The number of carbonyl (C=O) groups excluding carboxylic acids is 4. The maximum absolute atomic E-state index is 13.9. The highest BCUT2D eigenvalue weighted by Crippen LogP contribution is 2.27. The lowest BCUT2D eigenvalue weighted by Crippen LogP contribution is -2.28. The molecule has 2 aromatic rings. The Hall–Kier alpha value is -3.55. The van der Waals surface area contributed by atoms with Gasteiger partial charge in [0.05, 0.1) is 11.6 Å². The van der Waals surface area contributed by atoms with E-state index in [0.29, 0.717) is 11.3 Å². The Morgan fingerprint density at radius 2 is 1.83 bits per heavy atom. The molecule has 1 fully saturated rings. The van der Waals surface area contributed by atoms with Gasteiger partial charge in [-0.1, -0.05) is 12.1 Å². The molecule has 1 aliphatic heterocycles. The second-order valence-electron chi connectivity index (χ2n) is 6.65. The van der Waals surface area contributed by atoms with Gasteiger partial charge in [0, 0.05) is 24.2 Å². The Labute approximate surface area is 166 Å². The number of rotatable bonds is 6. The summed E-state index contributed by atoms with van der Waals surface area (Å²) in [5, 5.41) is 2.55. The molecule has 8 heteroatoms. The number of nitrogens with one attached hydrogen (secondary N) is 1. The van der Waals surface area contributed by atoms with Crippen molar-refractivity contribution in [2.45, 2.75) is 13.3 Å². The number of benzene rings is 2. The molecule has 0 aromatic heterocycles. The minimum Gasteiger partial charge on any atom is -0.455 e. The van der Waals surface area contributed by atoms with Gasteiger partial charge in [-0.05, 0) is 43.3 Å². The van der Waals surface area contributed by atoms with Crippen molar-refractivity contribution in [2.24, 2.45) is 5.92 Å². The van der Waals surface area contributed by atoms with Crippen LogP contribution < -0.4 is 10.2 Å². The summed E-state index contributed by atoms with van der Waals surface area (Å²) in [7, 11) is 0. The lowest BCUT2D eigenvalue weighted by atomic mass is 10.1. The summed E-state index contributed by atoms with van der Waals surface area (Å²) in [4.78, 5) is 48.8. The number of carbonyl (C=O) groups is 4. The van der Waals surface area contributed by atoms with E-state index in [-0.39, 0.29) is 30.3 Å². The lowest BCUT2D eigenvalue weighted by Gasteiger charge is -2.17. The number of hydrogen-bond acceptors (Lipinski definition) is 5. The fourth-order valence-corrected chi connectivity index (χ4v) is 3.01. The van der Waals surface area contributed by atoms with Gasteiger partial charge in [0.25, 0.3) is 5.91 Å². The summed E-state index contributed by atoms with van der Waals surface area (Å²) in [6.07, 6.45) is -0.110. The molecule has 1 aliphatic rings. The van der Waals surface area contributed by atoms with E-state index in [1.54, 1.807) is 30.3 Å². The van der Waals surface area contributed by atoms with Crippen LogP contribution in [0.25, 0.3) is 0 Å². The molecule has 0 aliphatic carbocycles. The second kappa shape index (κ2) is 8.64. The first-order valence-corrected chi connectivity index (χ1v) is 8.97. The molecule has 0 bridgehead atoms. The maximum atomic E-state index is 13.9. The number of hydrogen-bond donors (Lipinski definition) is 1. The molecule has 7 nitrogen and oxygen atoms in total. The highest BCUT2D eigenvalue weighted by Gasteiger charge is 2.37. The number of ketones is 1. The van der Waals surface area contributed by atoms with Crippen molar-refractivity contribution in [2.75, 3.05) is 23.4 Å². The Morgan fingerprint density at radius 1 is 1.14 bits per heavy atom. The molecular weight excluding hydrogens is 379 g/mol. The third-order valence-corrected chi connectivity index (χ3v) is 4.52. The SMILES string of the molecule is CC(=O)c1ccc(NC(=O)COC(=O)[C@H]2CC(=O)N(c3ccccc3F)C2)cc1. The number of halogens is 1. The zero-order valence-electron chi connectivity index (χ0n) is 15.7. The Kier molecular flexibility index (Phi) is 6.01. The summed E-state index contributed by atoms with van der Waals surface area (Å²) >= 11 is 0. The summed E-state index contributed by atoms with van der Waals surface area (Å²) in [5.41, 5.74) is 1.08. The van der Waals surface area contributed by atoms with Gasteiger partial charge in [-0.2, -0.15) is 0 Å². The van der Waals surface area contributed by atoms with Crippen molar-refractivity contribution in [1.82, 2.24) is 0 Å². The monoisotopic (exact) mass is 398 g/mol. The number of Topliss-reactive ketones (excluding diaryl/α,β-unsaturated/α-hetero) is 1. The van der Waals surface area contributed by atoms with Gasteiger partial charge in [-0.3, -0.25) is 19.2 Å². The third kappa shape index (κ3) is 4.84. The first-order valence-electron chi connectivity index (χ1n) is 8.97. The zero-order chi connectivity index (χ0) is 21.0. The lowest BCUT2D eigenvalue weighted by molar-refractivity contribution is -0.151. The molecule has 0 radical (unpaired) electrons. The van der Waals surface area contributed by atoms with E-state index in [1.165, 1.54) is 30.0 Å². The Balaban J connectivity index is 1.51. The summed E-state index contributed by atoms with van der Waals surface area (Å²) < 4.78 is 18.9. The predicted molar refractivity (Wildman–Crippen MR) is 103 cm³/mol. The number of nitrogens with zero attached hydrogens (tertiary/aromatic N) is 1. The van der Waals surface area contributed by atoms with Gasteiger partial charge in [0.15, 0.2) is 12.4 Å². The molecule has 2 aromatic carbocycles. The van der Waals surface area contributed by atoms with Crippen LogP contribution >= 0.6 is 0 Å². The van der Waals surface area contributed by atoms with Crippen LogP contribution in [0.2, 0.25) is 0 Å². The van der Waals surface area contributed by atoms with Crippen LogP contribution in [-0.2, 0) is 19.1 Å². The van der Waals surface area contributed by atoms with Gasteiger partial charge < -0.3 is 15.0 Å². The van der Waals surface area contributed by atoms with Crippen molar-refractivity contribution in [3.05, 3.63) is 59.9 Å². The molecular formula is C21H19FN2O5. The van der Waals surface area contributed by atoms with Gasteiger partial charge >= 0.3 is 5.97 Å². The second-order valence-corrected chi connectivity index (χ2v) is 6.65. The van der Waals surface area contributed by atoms with Crippen LogP contribution in [0.3, 0.4) is 0 Å². The molecule has 29 heavy (non-hydrogen) atoms. The number of esters is 1. The topological polar surface area (TPSA) is 92.8 Å². The molecule has 3 rings (SSSR count). The van der Waals surface area contributed by atoms with E-state index in [0.717, 1.165) is 0 Å². The quantitative estimate of drug-likeness (QED) is 0.596. The van der Waals surface area contributed by atoms with Crippen molar-refractivity contribution < 1.29 is 28.3 Å². The molecule has 2 amide bonds. The third-order valence-electron chi connectivity index (χ3n) is 4.52. The van der Waals surface area contributed by atoms with Crippen LogP contribution in [0, 0.1) is 11.7 Å². The minimum absolute atomic E-state index is 0.00721. The molecule has 0 saturated carbocycles. The number of amides is 2. The van der Waals surface area contributed by atoms with Crippen LogP contribution in [-0.4, -0.2) is 36.7 Å². The van der Waals surface area contributed by atoms with E-state index < -0.39 is 30.2 Å². The molecule has 1 saturated heterocycles. The van der Waals surface area contributed by atoms with Crippen molar-refractivity contribution in [3.8, 4) is 0 Å². The molecule has 1 atom stereocenters. The van der Waals surface area contributed by atoms with Crippen molar-refractivity contribution in [3.63, 3.8) is 0 Å². The van der Waals surface area contributed by atoms with Gasteiger partial charge in [0.2, 0.25) is 5.91 Å². The summed E-state index contributed by atoms with van der Waals surface area (Å²) in [6, 6.07) is 12.1. The fourth-order valence-electron chi connectivity index (χ4n) is 3.01. The highest BCUT2D eigenvalue weighted by molar-refractivity contribution is 6.00. The summed E-state index contributed by atoms with van der Waals surface area (Å²) in [5.74, 6) is -3.04. The van der Waals surface area contributed by atoms with Crippen molar-refractivity contribution >= 4 is 34.9 Å². The van der Waals surface area contributed by atoms with Crippen molar-refractivity contribution in [1.29, 1.82) is 0 Å². The first kappa shape index (κ1) is 20.2. The smallest absolute Gasteiger partial charge is 0.311 e. The van der Waals surface area contributed by atoms with E-state index in [1.807, 2.05) is 0 Å². The number of para-hydroxylation sites is 1. The summed E-state index contributed by atoms with van der Waals surface area (Å²) in [6.45, 7) is 0.915. The average molecular weight is 398 g/mol. The van der Waals surface area contributed by atoms with Gasteiger partial charge in [-0.25, -0.2) is 4.39 Å². The standard InChI is InChI=1S/C21H19FN2O5/c1-13(25)14-6-8-16(9-7-14)23-19(26)12-29-21(28)15-10-20(27)24(11-15)18-5-3-2-4-17(18)22/h2-9,15H,10-12H2,1H3,(H,23,26)/t15-/m0/s1. The van der Waals surface area contributed by atoms with Gasteiger partial charge in [0.1, 0.15) is 5.82 Å². The minimum atomic E-state index is -0.773. The highest BCUT2D eigenvalue weighted by atomic mass is 19.1. The zero-order valence-corrected chi connectivity index (χ0v) is 15.7. The van der Waals surface area contributed by atoms with E-state index in [2.05, 4.69) is 5.32 Å². The van der Waals surface area contributed by atoms with E-state index in [9.17, 15) is 23.6 Å². The first-order chi connectivity index (χ1) is 13.8. The van der Waals surface area contributed by atoms with E-state index in [4.69, 9.17) is 4.74 Å². The molecule has 0 unspecified atom stereocenters. The van der Waals surface area contributed by atoms with Crippen LogP contribution in [0.1, 0.15) is 23.7 Å². The normalized spacial score (nSPS) is 15.9. The number of ether oxygens (including phenoxy) is 1. The largest absolute Gasteiger partial charge is 0.455 e.